The third kappa shape index (κ3) is 7.61. The number of hydrogen-bond donors (Lipinski definition) is 2. The van der Waals surface area contributed by atoms with Crippen LogP contribution in [-0.2, 0) is 12.8 Å². The van der Waals surface area contributed by atoms with Crippen molar-refractivity contribution in [2.75, 3.05) is 22.6 Å². The van der Waals surface area contributed by atoms with Gasteiger partial charge in [0.1, 0.15) is 0 Å². The van der Waals surface area contributed by atoms with Crippen LogP contribution in [0.1, 0.15) is 22.3 Å². The van der Waals surface area contributed by atoms with Gasteiger partial charge >= 0.3 is 0 Å². The molecule has 314 valence electrons. The summed E-state index contributed by atoms with van der Waals surface area (Å²) >= 11 is 0. The highest BCUT2D eigenvalue weighted by Crippen LogP contribution is 2.38. The molecule has 12 rings (SSSR count). The monoisotopic (exact) mass is 845 g/mol. The summed E-state index contributed by atoms with van der Waals surface area (Å²) in [6.07, 6.45) is 1.63. The van der Waals surface area contributed by atoms with Gasteiger partial charge in [0.25, 0.3) is 0 Å². The molecule has 0 aliphatic rings. The standard InChI is InChI=1S/C63H47N3/c1-66(63-22-10-19-53-38-47-13-4-7-16-50(47)41-59(53)63)62-32-27-44(33-42-23-28-55(29-24-42)64-60-20-8-17-51-36-45-11-2-5-14-48(45)39-57(51)60)35-54(62)34-43-25-30-56(31-26-43)65-61-21-9-18-52-37-46-12-3-6-15-49(46)40-58(52)61/h2-32,35-41,64-65H,33-34H2,1H3. The Bertz CT molecular complexity index is 3780. The highest BCUT2D eigenvalue weighted by atomic mass is 15.1. The minimum atomic E-state index is 0.797. The molecule has 2 N–H and O–H groups in total. The second-order valence-electron chi connectivity index (χ2n) is 17.7. The maximum atomic E-state index is 3.74. The lowest BCUT2D eigenvalue weighted by Gasteiger charge is -2.25. The Morgan fingerprint density at radius 3 is 1.20 bits per heavy atom. The second-order valence-corrected chi connectivity index (χ2v) is 17.7. The third-order valence-corrected chi connectivity index (χ3v) is 13.4. The van der Waals surface area contributed by atoms with E-state index in [9.17, 15) is 0 Å². The quantitative estimate of drug-likeness (QED) is 0.134. The van der Waals surface area contributed by atoms with Gasteiger partial charge in [-0.05, 0) is 169 Å². The van der Waals surface area contributed by atoms with E-state index in [1.807, 2.05) is 0 Å². The molecular weight excluding hydrogens is 799 g/mol. The molecule has 66 heavy (non-hydrogen) atoms. The molecule has 0 heterocycles. The van der Waals surface area contributed by atoms with Gasteiger partial charge in [-0.15, -0.1) is 0 Å². The maximum absolute atomic E-state index is 3.74. The van der Waals surface area contributed by atoms with Crippen LogP contribution in [0.4, 0.5) is 34.1 Å². The molecule has 0 spiro atoms. The van der Waals surface area contributed by atoms with E-state index in [-0.39, 0.29) is 0 Å². The lowest BCUT2D eigenvalue weighted by molar-refractivity contribution is 1.10. The first-order valence-electron chi connectivity index (χ1n) is 22.9. The number of hydrogen-bond acceptors (Lipinski definition) is 3. The van der Waals surface area contributed by atoms with Crippen LogP contribution in [0.5, 0.6) is 0 Å². The molecule has 0 bridgehead atoms. The zero-order chi connectivity index (χ0) is 44.0. The SMILES string of the molecule is CN(c1ccc(Cc2ccc(Nc3cccc4cc5ccccc5cc34)cc2)cc1Cc1ccc(Nc2cccc3cc4ccccc4cc23)cc1)c1cccc2cc3ccccc3cc12. The van der Waals surface area contributed by atoms with Crippen molar-refractivity contribution in [2.24, 2.45) is 0 Å². The van der Waals surface area contributed by atoms with Gasteiger partial charge in [-0.1, -0.05) is 146 Å². The molecule has 0 saturated heterocycles. The van der Waals surface area contributed by atoms with Gasteiger partial charge in [-0.3, -0.25) is 0 Å². The number of fused-ring (bicyclic) bond motifs is 6. The van der Waals surface area contributed by atoms with Crippen molar-refractivity contribution < 1.29 is 0 Å². The summed E-state index contributed by atoms with van der Waals surface area (Å²) in [5.41, 5.74) is 11.9. The summed E-state index contributed by atoms with van der Waals surface area (Å²) < 4.78 is 0. The fourth-order valence-electron chi connectivity index (χ4n) is 9.92. The van der Waals surface area contributed by atoms with E-state index < -0.39 is 0 Å². The summed E-state index contributed by atoms with van der Waals surface area (Å²) in [4.78, 5) is 2.38. The molecular formula is C63H47N3. The lowest BCUT2D eigenvalue weighted by Crippen LogP contribution is -2.13. The van der Waals surface area contributed by atoms with Gasteiger partial charge in [0.05, 0.1) is 0 Å². The molecule has 0 aromatic heterocycles. The van der Waals surface area contributed by atoms with Crippen molar-refractivity contribution in [2.45, 2.75) is 12.8 Å². The topological polar surface area (TPSA) is 27.3 Å². The van der Waals surface area contributed by atoms with Crippen LogP contribution in [-0.4, -0.2) is 7.05 Å². The Morgan fingerprint density at radius 2 is 0.697 bits per heavy atom. The van der Waals surface area contributed by atoms with Crippen LogP contribution >= 0.6 is 0 Å². The lowest BCUT2D eigenvalue weighted by atomic mass is 9.96. The number of rotatable bonds is 10. The van der Waals surface area contributed by atoms with Crippen molar-refractivity contribution in [3.8, 4) is 0 Å². The molecule has 12 aromatic carbocycles. The molecule has 0 radical (unpaired) electrons. The normalized spacial score (nSPS) is 11.5. The van der Waals surface area contributed by atoms with E-state index in [1.54, 1.807) is 0 Å². The molecule has 0 aliphatic carbocycles. The third-order valence-electron chi connectivity index (χ3n) is 13.4. The Morgan fingerprint density at radius 1 is 0.303 bits per heavy atom. The zero-order valence-electron chi connectivity index (χ0n) is 36.8. The van der Waals surface area contributed by atoms with Gasteiger partial charge < -0.3 is 15.5 Å². The van der Waals surface area contributed by atoms with E-state index in [1.165, 1.54) is 98.3 Å². The number of nitrogens with one attached hydrogen (secondary N) is 2. The van der Waals surface area contributed by atoms with Gasteiger partial charge in [0.2, 0.25) is 0 Å². The smallest absolute Gasteiger partial charge is 0.0488 e. The van der Waals surface area contributed by atoms with Gasteiger partial charge in [0.15, 0.2) is 0 Å². The number of anilines is 6. The first kappa shape index (κ1) is 39.2. The van der Waals surface area contributed by atoms with Crippen LogP contribution < -0.4 is 15.5 Å². The fraction of sp³-hybridized carbons (Fsp3) is 0.0476. The van der Waals surface area contributed by atoms with Crippen molar-refractivity contribution >= 4 is 98.8 Å². The van der Waals surface area contributed by atoms with Gasteiger partial charge in [-0.2, -0.15) is 0 Å². The van der Waals surface area contributed by atoms with Crippen LogP contribution in [0.2, 0.25) is 0 Å². The van der Waals surface area contributed by atoms with Crippen molar-refractivity contribution in [3.05, 3.63) is 253 Å². The summed E-state index contributed by atoms with van der Waals surface area (Å²) in [7, 11) is 2.22. The number of nitrogens with zero attached hydrogens (tertiary/aromatic N) is 1. The summed E-state index contributed by atoms with van der Waals surface area (Å²) in [6.45, 7) is 0. The Kier molecular flexibility index (Phi) is 9.87. The second kappa shape index (κ2) is 16.6. The minimum absolute atomic E-state index is 0.797. The van der Waals surface area contributed by atoms with Crippen molar-refractivity contribution in [3.63, 3.8) is 0 Å². The Hall–Kier alpha value is -8.40. The average molecular weight is 846 g/mol. The van der Waals surface area contributed by atoms with E-state index in [0.29, 0.717) is 0 Å². The number of benzene rings is 12. The first-order valence-corrected chi connectivity index (χ1v) is 22.9. The minimum Gasteiger partial charge on any atom is -0.355 e. The summed E-state index contributed by atoms with van der Waals surface area (Å²) in [6, 6.07) is 84.2. The summed E-state index contributed by atoms with van der Waals surface area (Å²) in [5.74, 6) is 0. The van der Waals surface area contributed by atoms with Crippen LogP contribution in [0.15, 0.2) is 231 Å². The van der Waals surface area contributed by atoms with E-state index in [2.05, 4.69) is 253 Å². The molecule has 3 nitrogen and oxygen atoms in total. The molecule has 0 fully saturated rings. The Balaban J connectivity index is 0.845. The van der Waals surface area contributed by atoms with Crippen LogP contribution in [0, 0.1) is 0 Å². The molecule has 0 amide bonds. The molecule has 0 unspecified atom stereocenters. The predicted octanol–water partition coefficient (Wildman–Crippen LogP) is 17.0. The predicted molar refractivity (Wildman–Crippen MR) is 284 cm³/mol. The van der Waals surface area contributed by atoms with Crippen molar-refractivity contribution in [1.82, 2.24) is 0 Å². The van der Waals surface area contributed by atoms with Crippen LogP contribution in [0.25, 0.3) is 64.6 Å². The molecule has 0 saturated carbocycles. The highest BCUT2D eigenvalue weighted by molar-refractivity contribution is 6.07. The Labute approximate surface area is 385 Å². The van der Waals surface area contributed by atoms with Crippen LogP contribution in [0.3, 0.4) is 0 Å². The largest absolute Gasteiger partial charge is 0.355 e. The average Bonchev–Trinajstić information content (AvgIpc) is 3.35. The summed E-state index contributed by atoms with van der Waals surface area (Å²) in [5, 5.41) is 22.4. The van der Waals surface area contributed by atoms with Crippen molar-refractivity contribution in [1.29, 1.82) is 0 Å². The van der Waals surface area contributed by atoms with E-state index in [4.69, 9.17) is 0 Å². The molecule has 0 atom stereocenters. The molecule has 12 aromatic rings. The van der Waals surface area contributed by atoms with E-state index >= 15 is 0 Å². The fourth-order valence-corrected chi connectivity index (χ4v) is 9.92. The molecule has 0 aliphatic heterocycles. The van der Waals surface area contributed by atoms with E-state index in [0.717, 1.165) is 35.6 Å². The maximum Gasteiger partial charge on any atom is 0.0488 e. The molecule has 3 heteroatoms. The highest BCUT2D eigenvalue weighted by Gasteiger charge is 2.16. The van der Waals surface area contributed by atoms with Gasteiger partial charge in [0, 0.05) is 57.3 Å². The van der Waals surface area contributed by atoms with Gasteiger partial charge in [-0.25, -0.2) is 0 Å². The first-order chi connectivity index (χ1) is 32.5. The zero-order valence-corrected chi connectivity index (χ0v) is 36.8.